The SMILES string of the molecule is Cc1cc(OC(C)CNC(C)C)cc(C(C)C)c1. The van der Waals surface area contributed by atoms with E-state index in [0.717, 1.165) is 12.3 Å². The molecule has 2 heteroatoms. The van der Waals surface area contributed by atoms with Gasteiger partial charge >= 0.3 is 0 Å². The lowest BCUT2D eigenvalue weighted by atomic mass is 10.0. The zero-order valence-electron chi connectivity index (χ0n) is 12.6. The molecule has 0 bridgehead atoms. The Kier molecular flexibility index (Phi) is 5.67. The largest absolute Gasteiger partial charge is 0.489 e. The van der Waals surface area contributed by atoms with E-state index in [0.29, 0.717) is 12.0 Å². The van der Waals surface area contributed by atoms with E-state index < -0.39 is 0 Å². The molecule has 0 amide bonds. The summed E-state index contributed by atoms with van der Waals surface area (Å²) >= 11 is 0. The van der Waals surface area contributed by atoms with Gasteiger partial charge in [-0.1, -0.05) is 33.8 Å². The average molecular weight is 249 g/mol. The number of rotatable bonds is 6. The van der Waals surface area contributed by atoms with Gasteiger partial charge in [-0.2, -0.15) is 0 Å². The summed E-state index contributed by atoms with van der Waals surface area (Å²) in [4.78, 5) is 0. The van der Waals surface area contributed by atoms with Crippen LogP contribution in [0.3, 0.4) is 0 Å². The molecule has 1 atom stereocenters. The first-order valence-electron chi connectivity index (χ1n) is 6.90. The van der Waals surface area contributed by atoms with Crippen molar-refractivity contribution in [1.82, 2.24) is 5.32 Å². The third-order valence-corrected chi connectivity index (χ3v) is 2.89. The van der Waals surface area contributed by atoms with Crippen molar-refractivity contribution in [3.8, 4) is 5.75 Å². The Morgan fingerprint density at radius 1 is 1.06 bits per heavy atom. The summed E-state index contributed by atoms with van der Waals surface area (Å²) in [6.45, 7) is 13.8. The molecule has 102 valence electrons. The Morgan fingerprint density at radius 3 is 2.28 bits per heavy atom. The van der Waals surface area contributed by atoms with Gasteiger partial charge in [-0.25, -0.2) is 0 Å². The molecule has 0 aliphatic heterocycles. The van der Waals surface area contributed by atoms with Gasteiger partial charge in [0.2, 0.25) is 0 Å². The van der Waals surface area contributed by atoms with E-state index in [1.54, 1.807) is 0 Å². The van der Waals surface area contributed by atoms with E-state index in [1.807, 2.05) is 0 Å². The van der Waals surface area contributed by atoms with Crippen molar-refractivity contribution in [2.45, 2.75) is 59.6 Å². The van der Waals surface area contributed by atoms with Crippen molar-refractivity contribution in [2.24, 2.45) is 0 Å². The molecule has 1 N–H and O–H groups in total. The molecular weight excluding hydrogens is 222 g/mol. The molecule has 18 heavy (non-hydrogen) atoms. The Hall–Kier alpha value is -1.02. The highest BCUT2D eigenvalue weighted by Crippen LogP contribution is 2.23. The lowest BCUT2D eigenvalue weighted by Gasteiger charge is -2.18. The van der Waals surface area contributed by atoms with Crippen LogP contribution >= 0.6 is 0 Å². The van der Waals surface area contributed by atoms with Gasteiger partial charge < -0.3 is 10.1 Å². The summed E-state index contributed by atoms with van der Waals surface area (Å²) in [7, 11) is 0. The van der Waals surface area contributed by atoms with Crippen LogP contribution in [0.5, 0.6) is 5.75 Å². The number of ether oxygens (including phenoxy) is 1. The van der Waals surface area contributed by atoms with E-state index >= 15 is 0 Å². The van der Waals surface area contributed by atoms with E-state index in [9.17, 15) is 0 Å². The molecule has 0 heterocycles. The first kappa shape index (κ1) is 15.0. The van der Waals surface area contributed by atoms with Crippen molar-refractivity contribution in [2.75, 3.05) is 6.54 Å². The van der Waals surface area contributed by atoms with Gasteiger partial charge in [0.15, 0.2) is 0 Å². The van der Waals surface area contributed by atoms with Crippen molar-refractivity contribution in [3.05, 3.63) is 29.3 Å². The zero-order valence-corrected chi connectivity index (χ0v) is 12.6. The molecular formula is C16H27NO. The van der Waals surface area contributed by atoms with Gasteiger partial charge in [0.1, 0.15) is 11.9 Å². The van der Waals surface area contributed by atoms with Crippen LogP contribution in [0, 0.1) is 6.92 Å². The average Bonchev–Trinajstić information content (AvgIpc) is 2.25. The smallest absolute Gasteiger partial charge is 0.120 e. The molecule has 2 nitrogen and oxygen atoms in total. The first-order chi connectivity index (χ1) is 8.38. The van der Waals surface area contributed by atoms with Gasteiger partial charge in [0.25, 0.3) is 0 Å². The van der Waals surface area contributed by atoms with Gasteiger partial charge in [0.05, 0.1) is 0 Å². The van der Waals surface area contributed by atoms with Gasteiger partial charge in [-0.15, -0.1) is 0 Å². The monoisotopic (exact) mass is 249 g/mol. The highest BCUT2D eigenvalue weighted by molar-refractivity contribution is 5.35. The Morgan fingerprint density at radius 2 is 1.72 bits per heavy atom. The van der Waals surface area contributed by atoms with Crippen molar-refractivity contribution < 1.29 is 4.74 Å². The minimum atomic E-state index is 0.189. The van der Waals surface area contributed by atoms with Crippen LogP contribution in [0.1, 0.15) is 51.7 Å². The summed E-state index contributed by atoms with van der Waals surface area (Å²) in [5.41, 5.74) is 2.61. The van der Waals surface area contributed by atoms with Crippen LogP contribution in [-0.4, -0.2) is 18.7 Å². The standard InChI is InChI=1S/C16H27NO/c1-11(2)15-7-13(5)8-16(9-15)18-14(6)10-17-12(3)4/h7-9,11-12,14,17H,10H2,1-6H3. The summed E-state index contributed by atoms with van der Waals surface area (Å²) in [6.07, 6.45) is 0.189. The fourth-order valence-electron chi connectivity index (χ4n) is 1.85. The van der Waals surface area contributed by atoms with Crippen molar-refractivity contribution >= 4 is 0 Å². The van der Waals surface area contributed by atoms with Gasteiger partial charge in [-0.05, 0) is 43.0 Å². The Labute approximate surface area is 112 Å². The Balaban J connectivity index is 2.66. The van der Waals surface area contributed by atoms with Crippen LogP contribution in [0.25, 0.3) is 0 Å². The van der Waals surface area contributed by atoms with Crippen LogP contribution in [0.4, 0.5) is 0 Å². The highest BCUT2D eigenvalue weighted by atomic mass is 16.5. The normalized spacial score (nSPS) is 13.1. The molecule has 0 radical (unpaired) electrons. The fraction of sp³-hybridized carbons (Fsp3) is 0.625. The van der Waals surface area contributed by atoms with Crippen molar-refractivity contribution in [1.29, 1.82) is 0 Å². The molecule has 0 saturated carbocycles. The van der Waals surface area contributed by atoms with Crippen LogP contribution in [0.15, 0.2) is 18.2 Å². The first-order valence-corrected chi connectivity index (χ1v) is 6.90. The number of hydrogen-bond donors (Lipinski definition) is 1. The molecule has 1 unspecified atom stereocenters. The number of hydrogen-bond acceptors (Lipinski definition) is 2. The third kappa shape index (κ3) is 5.09. The fourth-order valence-corrected chi connectivity index (χ4v) is 1.85. The van der Waals surface area contributed by atoms with Crippen LogP contribution in [0.2, 0.25) is 0 Å². The third-order valence-electron chi connectivity index (χ3n) is 2.89. The second-order valence-electron chi connectivity index (χ2n) is 5.73. The molecule has 0 aliphatic rings. The zero-order chi connectivity index (χ0) is 13.7. The molecule has 1 aromatic rings. The van der Waals surface area contributed by atoms with Crippen molar-refractivity contribution in [3.63, 3.8) is 0 Å². The molecule has 0 saturated heterocycles. The van der Waals surface area contributed by atoms with Crippen LogP contribution < -0.4 is 10.1 Å². The molecule has 0 fully saturated rings. The lowest BCUT2D eigenvalue weighted by Crippen LogP contribution is -2.33. The van der Waals surface area contributed by atoms with Gasteiger partial charge in [0, 0.05) is 12.6 Å². The predicted octanol–water partition coefficient (Wildman–Crippen LogP) is 3.88. The van der Waals surface area contributed by atoms with E-state index in [4.69, 9.17) is 4.74 Å². The molecule has 1 aromatic carbocycles. The maximum atomic E-state index is 5.97. The minimum Gasteiger partial charge on any atom is -0.489 e. The van der Waals surface area contributed by atoms with E-state index in [1.165, 1.54) is 11.1 Å². The molecule has 0 aromatic heterocycles. The topological polar surface area (TPSA) is 21.3 Å². The Bertz CT molecular complexity index is 371. The lowest BCUT2D eigenvalue weighted by molar-refractivity contribution is 0.213. The highest BCUT2D eigenvalue weighted by Gasteiger charge is 2.07. The summed E-state index contributed by atoms with van der Waals surface area (Å²) < 4.78 is 5.97. The maximum Gasteiger partial charge on any atom is 0.120 e. The number of nitrogens with one attached hydrogen (secondary N) is 1. The minimum absolute atomic E-state index is 0.189. The number of benzene rings is 1. The summed E-state index contributed by atoms with van der Waals surface area (Å²) in [5.74, 6) is 1.52. The summed E-state index contributed by atoms with van der Waals surface area (Å²) in [5, 5.41) is 3.39. The van der Waals surface area contributed by atoms with E-state index in [-0.39, 0.29) is 6.10 Å². The maximum absolute atomic E-state index is 5.97. The summed E-state index contributed by atoms with van der Waals surface area (Å²) in [6, 6.07) is 7.00. The second kappa shape index (κ2) is 6.79. The molecule has 0 spiro atoms. The predicted molar refractivity (Wildman–Crippen MR) is 78.5 cm³/mol. The molecule has 0 aliphatic carbocycles. The van der Waals surface area contributed by atoms with E-state index in [2.05, 4.69) is 65.1 Å². The van der Waals surface area contributed by atoms with Crippen LogP contribution in [-0.2, 0) is 0 Å². The number of aryl methyl sites for hydroxylation is 1. The molecule has 1 rings (SSSR count). The van der Waals surface area contributed by atoms with Gasteiger partial charge in [-0.3, -0.25) is 0 Å². The quantitative estimate of drug-likeness (QED) is 0.826. The second-order valence-corrected chi connectivity index (χ2v) is 5.73.